The second kappa shape index (κ2) is 18.9. The van der Waals surface area contributed by atoms with Crippen LogP contribution in [0.3, 0.4) is 0 Å². The average Bonchev–Trinajstić information content (AvgIpc) is 3.06. The number of cyclic esters (lactones) is 1. The topological polar surface area (TPSA) is 131 Å². The molecule has 290 valence electrons. The smallest absolute Gasteiger partial charge is 0.319 e. The van der Waals surface area contributed by atoms with Crippen molar-refractivity contribution < 1.29 is 43.2 Å². The standard InChI is InChI=1S/C37H68N4O9/c1-25-22-37(6,46-11)33(50-34-31(43)29(38(7)8)21-26(2)49-34)27(3)32(44)36(4,5)35(45)48-18-12-13-28(14-15-39(9)23-25)40(10)30(42)24-41-16-19-47-20-17-41/h25-29,31,33-34,43H,12-24H2,1-11H3/t25-,26-,27+,28?,29+,31-,33-,34+,37-/m1/s1. The number of amides is 1. The fourth-order valence-corrected chi connectivity index (χ4v) is 7.92. The van der Waals surface area contributed by atoms with Gasteiger partial charge in [0.05, 0.1) is 44.2 Å². The molecule has 1 N–H and O–H groups in total. The maximum Gasteiger partial charge on any atom is 0.319 e. The summed E-state index contributed by atoms with van der Waals surface area (Å²) in [7, 11) is 9.40. The minimum absolute atomic E-state index is 0.0392. The molecule has 0 aromatic heterocycles. The first-order chi connectivity index (χ1) is 23.4. The largest absolute Gasteiger partial charge is 0.465 e. The molecule has 0 radical (unpaired) electrons. The molecule has 3 saturated heterocycles. The number of morpholine rings is 1. The highest BCUT2D eigenvalue weighted by molar-refractivity contribution is 6.04. The van der Waals surface area contributed by atoms with Crippen LogP contribution in [-0.4, -0.2) is 172 Å². The van der Waals surface area contributed by atoms with E-state index in [1.54, 1.807) is 27.9 Å². The van der Waals surface area contributed by atoms with E-state index in [2.05, 4.69) is 23.8 Å². The van der Waals surface area contributed by atoms with Gasteiger partial charge in [-0.15, -0.1) is 0 Å². The molecular weight excluding hydrogens is 644 g/mol. The lowest BCUT2D eigenvalue weighted by Gasteiger charge is -2.47. The molecule has 1 unspecified atom stereocenters. The van der Waals surface area contributed by atoms with Gasteiger partial charge in [-0.25, -0.2) is 0 Å². The summed E-state index contributed by atoms with van der Waals surface area (Å²) < 4.78 is 30.3. The van der Waals surface area contributed by atoms with Gasteiger partial charge in [0.1, 0.15) is 11.5 Å². The van der Waals surface area contributed by atoms with Crippen LogP contribution in [0.5, 0.6) is 0 Å². The lowest BCUT2D eigenvalue weighted by Crippen LogP contribution is -2.59. The Hall–Kier alpha value is -1.71. The number of ketones is 1. The van der Waals surface area contributed by atoms with E-state index in [9.17, 15) is 19.5 Å². The van der Waals surface area contributed by atoms with Crippen LogP contribution in [-0.2, 0) is 38.1 Å². The van der Waals surface area contributed by atoms with Gasteiger partial charge >= 0.3 is 5.97 Å². The predicted octanol–water partition coefficient (Wildman–Crippen LogP) is 2.28. The highest BCUT2D eigenvalue weighted by Crippen LogP contribution is 2.38. The zero-order valence-corrected chi connectivity index (χ0v) is 32.8. The molecule has 3 rings (SSSR count). The lowest BCUT2D eigenvalue weighted by atomic mass is 9.74. The van der Waals surface area contributed by atoms with Crippen LogP contribution in [0.1, 0.15) is 73.6 Å². The first-order valence-corrected chi connectivity index (χ1v) is 18.6. The van der Waals surface area contributed by atoms with Crippen LogP contribution in [0, 0.1) is 17.3 Å². The van der Waals surface area contributed by atoms with Gasteiger partial charge in [0.25, 0.3) is 0 Å². The summed E-state index contributed by atoms with van der Waals surface area (Å²) in [6.07, 6.45) is 0.180. The van der Waals surface area contributed by atoms with E-state index in [1.165, 1.54) is 0 Å². The van der Waals surface area contributed by atoms with Gasteiger partial charge in [-0.2, -0.15) is 0 Å². The van der Waals surface area contributed by atoms with E-state index < -0.39 is 41.4 Å². The number of rotatable bonds is 7. The SMILES string of the molecule is CO[C@]1(C)C[C@@H](C)CN(C)CCC(N(C)C(=O)CN2CCOCC2)CCCOC(=O)C(C)(C)C(=O)[C@H](C)[C@H]1O[C@@H]1O[C@H](C)C[C@H](N(C)C)[C@H]1O. The Kier molecular flexibility index (Phi) is 16.1. The highest BCUT2D eigenvalue weighted by Gasteiger charge is 2.51. The average molecular weight is 713 g/mol. The maximum absolute atomic E-state index is 14.3. The molecule has 3 heterocycles. The van der Waals surface area contributed by atoms with Gasteiger partial charge < -0.3 is 43.5 Å². The maximum atomic E-state index is 14.3. The fraction of sp³-hybridized carbons (Fsp3) is 0.919. The van der Waals surface area contributed by atoms with Crippen molar-refractivity contribution in [2.45, 2.75) is 116 Å². The highest BCUT2D eigenvalue weighted by atomic mass is 16.7. The Morgan fingerprint density at radius 3 is 2.30 bits per heavy atom. The number of esters is 1. The number of carbonyl (C=O) groups excluding carboxylic acids is 3. The molecule has 13 heteroatoms. The van der Waals surface area contributed by atoms with Gasteiger partial charge in [0, 0.05) is 51.8 Å². The number of aliphatic hydroxyl groups is 1. The molecule has 1 amide bonds. The molecule has 0 aliphatic carbocycles. The van der Waals surface area contributed by atoms with Crippen LogP contribution in [0.25, 0.3) is 0 Å². The minimum Gasteiger partial charge on any atom is -0.465 e. The molecule has 13 nitrogen and oxygen atoms in total. The Bertz CT molecular complexity index is 1100. The van der Waals surface area contributed by atoms with E-state index in [1.807, 2.05) is 44.8 Å². The van der Waals surface area contributed by atoms with Gasteiger partial charge in [0.15, 0.2) is 12.1 Å². The predicted molar refractivity (Wildman–Crippen MR) is 191 cm³/mol. The Balaban J connectivity index is 1.88. The monoisotopic (exact) mass is 712 g/mol. The number of likely N-dealkylation sites (N-methyl/N-ethyl adjacent to an activating group) is 2. The molecule has 0 spiro atoms. The third kappa shape index (κ3) is 11.1. The number of Topliss-reactive ketones (excluding diaryl/α,β-unsaturated/α-hetero) is 1. The van der Waals surface area contributed by atoms with Gasteiger partial charge in [-0.05, 0) is 93.4 Å². The van der Waals surface area contributed by atoms with Crippen LogP contribution >= 0.6 is 0 Å². The third-order valence-corrected chi connectivity index (χ3v) is 11.2. The molecule has 9 atom stereocenters. The number of nitrogens with zero attached hydrogens (tertiary/aromatic N) is 4. The first-order valence-electron chi connectivity index (χ1n) is 18.6. The van der Waals surface area contributed by atoms with E-state index >= 15 is 0 Å². The number of hydrogen-bond donors (Lipinski definition) is 1. The van der Waals surface area contributed by atoms with Crippen molar-refractivity contribution in [3.05, 3.63) is 0 Å². The van der Waals surface area contributed by atoms with Crippen LogP contribution in [0.2, 0.25) is 0 Å². The Morgan fingerprint density at radius 2 is 1.68 bits per heavy atom. The summed E-state index contributed by atoms with van der Waals surface area (Å²) in [5.74, 6) is -1.55. The molecule has 0 aromatic carbocycles. The van der Waals surface area contributed by atoms with Crippen molar-refractivity contribution in [2.24, 2.45) is 17.3 Å². The van der Waals surface area contributed by atoms with Gasteiger partial charge in [-0.3, -0.25) is 19.3 Å². The summed E-state index contributed by atoms with van der Waals surface area (Å²) in [4.78, 5) is 49.4. The summed E-state index contributed by atoms with van der Waals surface area (Å²) in [6.45, 7) is 15.7. The lowest BCUT2D eigenvalue weighted by molar-refractivity contribution is -0.295. The molecular formula is C37H68N4O9. The molecule has 50 heavy (non-hydrogen) atoms. The number of hydrogen-bond acceptors (Lipinski definition) is 12. The quantitative estimate of drug-likeness (QED) is 0.307. The van der Waals surface area contributed by atoms with E-state index in [0.717, 1.165) is 32.6 Å². The second-order valence-electron chi connectivity index (χ2n) is 16.1. The van der Waals surface area contributed by atoms with Crippen molar-refractivity contribution in [2.75, 3.05) is 87.8 Å². The van der Waals surface area contributed by atoms with E-state index in [-0.39, 0.29) is 42.4 Å². The van der Waals surface area contributed by atoms with Crippen LogP contribution in [0.15, 0.2) is 0 Å². The summed E-state index contributed by atoms with van der Waals surface area (Å²) in [5.41, 5.74) is -2.44. The number of methoxy groups -OCH3 is 1. The summed E-state index contributed by atoms with van der Waals surface area (Å²) in [6, 6.07) is -0.238. The van der Waals surface area contributed by atoms with Crippen molar-refractivity contribution in [3.63, 3.8) is 0 Å². The molecule has 0 aromatic rings. The zero-order chi connectivity index (χ0) is 37.4. The number of carbonyl (C=O) groups is 3. The summed E-state index contributed by atoms with van der Waals surface area (Å²) in [5, 5.41) is 11.4. The van der Waals surface area contributed by atoms with Crippen molar-refractivity contribution >= 4 is 17.7 Å². The normalized spacial score (nSPS) is 36.5. The van der Waals surface area contributed by atoms with Crippen molar-refractivity contribution in [3.8, 4) is 0 Å². The molecule has 3 aliphatic rings. The number of ether oxygens (including phenoxy) is 5. The van der Waals surface area contributed by atoms with Crippen molar-refractivity contribution in [1.29, 1.82) is 0 Å². The Labute approximate surface area is 301 Å². The van der Waals surface area contributed by atoms with Gasteiger partial charge in [0.2, 0.25) is 5.91 Å². The van der Waals surface area contributed by atoms with E-state index in [4.69, 9.17) is 23.7 Å². The van der Waals surface area contributed by atoms with Crippen LogP contribution in [0.4, 0.5) is 0 Å². The third-order valence-electron chi connectivity index (χ3n) is 11.2. The van der Waals surface area contributed by atoms with Crippen molar-refractivity contribution in [1.82, 2.24) is 19.6 Å². The first kappa shape index (κ1) is 42.7. The second-order valence-corrected chi connectivity index (χ2v) is 16.1. The van der Waals surface area contributed by atoms with Gasteiger partial charge in [-0.1, -0.05) is 13.8 Å². The molecule has 0 bridgehead atoms. The summed E-state index contributed by atoms with van der Waals surface area (Å²) >= 11 is 0. The van der Waals surface area contributed by atoms with Crippen LogP contribution < -0.4 is 0 Å². The zero-order valence-electron chi connectivity index (χ0n) is 32.8. The van der Waals surface area contributed by atoms with E-state index in [0.29, 0.717) is 45.4 Å². The molecule has 3 aliphatic heterocycles. The fourth-order valence-electron chi connectivity index (χ4n) is 7.92. The molecule has 0 saturated carbocycles. The number of aliphatic hydroxyl groups excluding tert-OH is 1. The Morgan fingerprint density at radius 1 is 1.02 bits per heavy atom. The minimum atomic E-state index is -1.47. The molecule has 3 fully saturated rings.